The first kappa shape index (κ1) is 12.8. The third-order valence-electron chi connectivity index (χ3n) is 2.25. The molecule has 0 bridgehead atoms. The average molecular weight is 330 g/mol. The number of aromatic hydroxyl groups is 1. The van der Waals surface area contributed by atoms with E-state index in [0.717, 1.165) is 25.7 Å². The molecule has 1 N–H and O–H groups in total. The van der Waals surface area contributed by atoms with Crippen LogP contribution in [0.4, 0.5) is 0 Å². The number of hydrogen-bond acceptors (Lipinski definition) is 2. The molecule has 0 aliphatic heterocycles. The summed E-state index contributed by atoms with van der Waals surface area (Å²) < 4.78 is 0.987. The predicted molar refractivity (Wildman–Crippen MR) is 76.8 cm³/mol. The molecule has 2 aromatic carbocycles. The number of phenolic OH excluding ortho intramolecular Hbond substituents is 1. The van der Waals surface area contributed by atoms with Crippen LogP contribution in [0.15, 0.2) is 51.8 Å². The second-order valence-electron chi connectivity index (χ2n) is 3.52. The van der Waals surface area contributed by atoms with Gasteiger partial charge in [0.05, 0.1) is 0 Å². The van der Waals surface area contributed by atoms with Crippen molar-refractivity contribution in [2.24, 2.45) is 0 Å². The van der Waals surface area contributed by atoms with Gasteiger partial charge in [-0.15, -0.1) is 11.8 Å². The fraction of sp³-hybridized carbons (Fsp3) is 0.0769. The molecule has 0 unspecified atom stereocenters. The van der Waals surface area contributed by atoms with Crippen molar-refractivity contribution in [3.05, 3.63) is 57.5 Å². The summed E-state index contributed by atoms with van der Waals surface area (Å²) in [5.74, 6) is 1.10. The lowest BCUT2D eigenvalue weighted by Gasteiger charge is -2.05. The highest BCUT2D eigenvalue weighted by atomic mass is 79.9. The van der Waals surface area contributed by atoms with Crippen molar-refractivity contribution in [2.75, 3.05) is 0 Å². The average Bonchev–Trinajstić information content (AvgIpc) is 2.30. The van der Waals surface area contributed by atoms with Crippen LogP contribution in [0.5, 0.6) is 5.75 Å². The number of halogens is 2. The van der Waals surface area contributed by atoms with Gasteiger partial charge in [-0.25, -0.2) is 0 Å². The van der Waals surface area contributed by atoms with Gasteiger partial charge in [-0.2, -0.15) is 0 Å². The molecule has 0 heterocycles. The van der Waals surface area contributed by atoms with E-state index in [0.29, 0.717) is 0 Å². The Morgan fingerprint density at radius 2 is 1.82 bits per heavy atom. The number of phenols is 1. The lowest BCUT2D eigenvalue weighted by molar-refractivity contribution is 0.475. The highest BCUT2D eigenvalue weighted by Crippen LogP contribution is 2.29. The molecule has 2 aromatic rings. The Labute approximate surface area is 118 Å². The molecule has 0 radical (unpaired) electrons. The number of thioether (sulfide) groups is 1. The lowest BCUT2D eigenvalue weighted by atomic mass is 10.2. The summed E-state index contributed by atoms with van der Waals surface area (Å²) in [7, 11) is 0. The predicted octanol–water partition coefficient (Wildman–Crippen LogP) is 5.10. The Hall–Kier alpha value is -0.640. The van der Waals surface area contributed by atoms with Gasteiger partial charge in [0, 0.05) is 20.1 Å². The first-order chi connectivity index (χ1) is 8.15. The number of benzene rings is 2. The summed E-state index contributed by atoms with van der Waals surface area (Å²) >= 11 is 11.2. The van der Waals surface area contributed by atoms with Crippen molar-refractivity contribution in [1.82, 2.24) is 0 Å². The van der Waals surface area contributed by atoms with Gasteiger partial charge in [0.1, 0.15) is 5.75 Å². The normalized spacial score (nSPS) is 10.5. The van der Waals surface area contributed by atoms with Crippen LogP contribution in [0.25, 0.3) is 0 Å². The maximum Gasteiger partial charge on any atom is 0.115 e. The fourth-order valence-corrected chi connectivity index (χ4v) is 3.06. The lowest BCUT2D eigenvalue weighted by Crippen LogP contribution is -1.82. The van der Waals surface area contributed by atoms with Crippen LogP contribution in [0.1, 0.15) is 5.56 Å². The van der Waals surface area contributed by atoms with E-state index in [2.05, 4.69) is 15.9 Å². The van der Waals surface area contributed by atoms with Gasteiger partial charge >= 0.3 is 0 Å². The Kier molecular flexibility index (Phi) is 4.37. The highest BCUT2D eigenvalue weighted by molar-refractivity contribution is 9.10. The molecule has 88 valence electrons. The number of rotatable bonds is 3. The van der Waals surface area contributed by atoms with Crippen molar-refractivity contribution in [2.45, 2.75) is 10.6 Å². The van der Waals surface area contributed by atoms with Crippen molar-refractivity contribution in [3.8, 4) is 5.75 Å². The number of hydrogen-bond donors (Lipinski definition) is 1. The maximum absolute atomic E-state index is 9.18. The third-order valence-corrected chi connectivity index (χ3v) is 4.15. The van der Waals surface area contributed by atoms with E-state index < -0.39 is 0 Å². The zero-order valence-corrected chi connectivity index (χ0v) is 12.0. The first-order valence-corrected chi connectivity index (χ1v) is 7.16. The minimum absolute atomic E-state index is 0.288. The second-order valence-corrected chi connectivity index (χ2v) is 5.89. The molecule has 0 fully saturated rings. The molecule has 17 heavy (non-hydrogen) atoms. The molecule has 4 heteroatoms. The molecular formula is C13H10BrClOS. The molecule has 0 saturated heterocycles. The highest BCUT2D eigenvalue weighted by Gasteiger charge is 2.02. The van der Waals surface area contributed by atoms with Crippen LogP contribution in [0.2, 0.25) is 5.02 Å². The molecule has 0 aliphatic rings. The first-order valence-electron chi connectivity index (χ1n) is 5.01. The zero-order chi connectivity index (χ0) is 12.3. The van der Waals surface area contributed by atoms with Crippen molar-refractivity contribution in [1.29, 1.82) is 0 Å². The third kappa shape index (κ3) is 3.66. The molecule has 0 atom stereocenters. The van der Waals surface area contributed by atoms with Gasteiger partial charge in [0.2, 0.25) is 0 Å². The van der Waals surface area contributed by atoms with Gasteiger partial charge in [-0.3, -0.25) is 0 Å². The summed E-state index contributed by atoms with van der Waals surface area (Å²) in [6.45, 7) is 0. The van der Waals surface area contributed by atoms with E-state index in [1.807, 2.05) is 30.3 Å². The van der Waals surface area contributed by atoms with Crippen LogP contribution in [0, 0.1) is 0 Å². The molecule has 2 rings (SSSR count). The summed E-state index contributed by atoms with van der Waals surface area (Å²) in [5.41, 5.74) is 1.10. The zero-order valence-electron chi connectivity index (χ0n) is 8.86. The van der Waals surface area contributed by atoms with Gasteiger partial charge in [0.25, 0.3) is 0 Å². The van der Waals surface area contributed by atoms with E-state index in [4.69, 9.17) is 11.6 Å². The van der Waals surface area contributed by atoms with Crippen LogP contribution in [-0.4, -0.2) is 5.11 Å². The summed E-state index contributed by atoms with van der Waals surface area (Å²) in [4.78, 5) is 1.11. The topological polar surface area (TPSA) is 20.2 Å². The monoisotopic (exact) mass is 328 g/mol. The quantitative estimate of drug-likeness (QED) is 0.791. The van der Waals surface area contributed by atoms with E-state index in [-0.39, 0.29) is 5.75 Å². The standard InChI is InChI=1S/C13H10BrClOS/c14-10-2-1-9(13(15)7-10)8-17-12-5-3-11(16)4-6-12/h1-7,16H,8H2. The van der Waals surface area contributed by atoms with Gasteiger partial charge < -0.3 is 5.11 Å². The molecule has 0 spiro atoms. The van der Waals surface area contributed by atoms with Crippen molar-refractivity contribution in [3.63, 3.8) is 0 Å². The minimum atomic E-state index is 0.288. The van der Waals surface area contributed by atoms with Crippen LogP contribution in [0.3, 0.4) is 0 Å². The summed E-state index contributed by atoms with van der Waals surface area (Å²) in [5, 5.41) is 9.95. The molecule has 0 aliphatic carbocycles. The van der Waals surface area contributed by atoms with E-state index >= 15 is 0 Å². The van der Waals surface area contributed by atoms with E-state index in [9.17, 15) is 5.11 Å². The Balaban J connectivity index is 2.04. The maximum atomic E-state index is 9.18. The summed E-state index contributed by atoms with van der Waals surface area (Å²) in [6, 6.07) is 13.1. The molecule has 0 aromatic heterocycles. The van der Waals surface area contributed by atoms with Crippen molar-refractivity contribution >= 4 is 39.3 Å². The minimum Gasteiger partial charge on any atom is -0.508 e. The Morgan fingerprint density at radius 3 is 2.47 bits per heavy atom. The molecule has 0 amide bonds. The van der Waals surface area contributed by atoms with Crippen molar-refractivity contribution < 1.29 is 5.11 Å². The molecule has 1 nitrogen and oxygen atoms in total. The summed E-state index contributed by atoms with van der Waals surface area (Å²) in [6.07, 6.45) is 0. The Bertz CT molecular complexity index is 513. The van der Waals surface area contributed by atoms with Crippen LogP contribution in [-0.2, 0) is 5.75 Å². The van der Waals surface area contributed by atoms with Gasteiger partial charge in [-0.1, -0.05) is 33.6 Å². The molecular weight excluding hydrogens is 320 g/mol. The van der Waals surface area contributed by atoms with Crippen LogP contribution < -0.4 is 0 Å². The molecule has 0 saturated carbocycles. The smallest absolute Gasteiger partial charge is 0.115 e. The largest absolute Gasteiger partial charge is 0.508 e. The Morgan fingerprint density at radius 1 is 1.12 bits per heavy atom. The second kappa shape index (κ2) is 5.80. The van der Waals surface area contributed by atoms with E-state index in [1.54, 1.807) is 23.9 Å². The van der Waals surface area contributed by atoms with E-state index in [1.165, 1.54) is 0 Å². The van der Waals surface area contributed by atoms with Gasteiger partial charge in [-0.05, 0) is 42.0 Å². The SMILES string of the molecule is Oc1ccc(SCc2ccc(Br)cc2Cl)cc1. The van der Waals surface area contributed by atoms with Crippen LogP contribution >= 0.6 is 39.3 Å². The fourth-order valence-electron chi connectivity index (χ4n) is 1.34. The van der Waals surface area contributed by atoms with Gasteiger partial charge in [0.15, 0.2) is 0 Å².